The van der Waals surface area contributed by atoms with Gasteiger partial charge in [0.25, 0.3) is 5.91 Å². The van der Waals surface area contributed by atoms with E-state index in [0.717, 1.165) is 17.0 Å². The number of ether oxygens (including phenoxy) is 1. The molecule has 0 spiro atoms. The van der Waals surface area contributed by atoms with E-state index in [-0.39, 0.29) is 11.5 Å². The summed E-state index contributed by atoms with van der Waals surface area (Å²) in [5, 5.41) is 5.34. The van der Waals surface area contributed by atoms with Crippen molar-refractivity contribution in [2.24, 2.45) is 0 Å². The molecule has 0 radical (unpaired) electrons. The van der Waals surface area contributed by atoms with Crippen LogP contribution in [-0.2, 0) is 4.79 Å². The molecule has 3 rings (SSSR count). The summed E-state index contributed by atoms with van der Waals surface area (Å²) in [5.41, 5.74) is 1.24. The number of anilines is 2. The predicted octanol–water partition coefficient (Wildman–Crippen LogP) is 3.88. The lowest BCUT2D eigenvalue weighted by molar-refractivity contribution is -0.274. The van der Waals surface area contributed by atoms with E-state index in [1.54, 1.807) is 18.2 Å². The molecule has 25 heavy (non-hydrogen) atoms. The minimum Gasteiger partial charge on any atom is -0.406 e. The molecule has 1 heterocycles. The topological polar surface area (TPSA) is 67.4 Å². The number of carbonyl (C=O) groups excluding carboxylic acids is 2. The standard InChI is InChI=1S/C16H11F3N2O3S/c17-16(18,19)24-11-4-1-9(2-5-11)15(23)20-10-3-6-13-12(7-10)21-14(22)8-25-13/h1-7H,8H2,(H,20,23)(H,21,22). The minimum absolute atomic E-state index is 0.124. The van der Waals surface area contributed by atoms with Gasteiger partial charge >= 0.3 is 6.36 Å². The van der Waals surface area contributed by atoms with Crippen molar-refractivity contribution in [1.29, 1.82) is 0 Å². The van der Waals surface area contributed by atoms with Crippen molar-refractivity contribution in [3.63, 3.8) is 0 Å². The third kappa shape index (κ3) is 4.44. The number of hydrogen-bond donors (Lipinski definition) is 2. The van der Waals surface area contributed by atoms with Crippen LogP contribution in [0, 0.1) is 0 Å². The van der Waals surface area contributed by atoms with E-state index >= 15 is 0 Å². The Morgan fingerprint density at radius 1 is 1.16 bits per heavy atom. The number of fused-ring (bicyclic) bond motifs is 1. The van der Waals surface area contributed by atoms with Gasteiger partial charge in [0.1, 0.15) is 5.75 Å². The van der Waals surface area contributed by atoms with Gasteiger partial charge in [0.15, 0.2) is 0 Å². The lowest BCUT2D eigenvalue weighted by Crippen LogP contribution is -2.19. The van der Waals surface area contributed by atoms with E-state index in [4.69, 9.17) is 0 Å². The molecule has 0 atom stereocenters. The van der Waals surface area contributed by atoms with Crippen molar-refractivity contribution in [3.8, 4) is 5.75 Å². The summed E-state index contributed by atoms with van der Waals surface area (Å²) < 4.78 is 40.1. The van der Waals surface area contributed by atoms with Crippen molar-refractivity contribution in [1.82, 2.24) is 0 Å². The molecular weight excluding hydrogens is 357 g/mol. The molecule has 0 aliphatic carbocycles. The highest BCUT2D eigenvalue weighted by Gasteiger charge is 2.31. The SMILES string of the molecule is O=C1CSc2ccc(NC(=O)c3ccc(OC(F)(F)F)cc3)cc2N1. The Hall–Kier alpha value is -2.68. The van der Waals surface area contributed by atoms with E-state index in [0.29, 0.717) is 17.1 Å². The largest absolute Gasteiger partial charge is 0.573 e. The second kappa shape index (κ2) is 6.67. The zero-order chi connectivity index (χ0) is 18.0. The summed E-state index contributed by atoms with van der Waals surface area (Å²) in [7, 11) is 0. The Bertz CT molecular complexity index is 822. The zero-order valence-corrected chi connectivity index (χ0v) is 13.3. The number of thioether (sulfide) groups is 1. The van der Waals surface area contributed by atoms with Crippen LogP contribution in [0.1, 0.15) is 10.4 Å². The van der Waals surface area contributed by atoms with Crippen LogP contribution in [0.4, 0.5) is 24.5 Å². The fourth-order valence-corrected chi connectivity index (χ4v) is 2.96. The molecule has 1 aliphatic heterocycles. The quantitative estimate of drug-likeness (QED) is 0.863. The third-order valence-electron chi connectivity index (χ3n) is 3.22. The van der Waals surface area contributed by atoms with Crippen molar-refractivity contribution < 1.29 is 27.5 Å². The molecule has 9 heteroatoms. The molecule has 2 N–H and O–H groups in total. The van der Waals surface area contributed by atoms with Crippen molar-refractivity contribution >= 4 is 35.0 Å². The van der Waals surface area contributed by atoms with Crippen LogP contribution >= 0.6 is 11.8 Å². The third-order valence-corrected chi connectivity index (χ3v) is 4.29. The fraction of sp³-hybridized carbons (Fsp3) is 0.125. The number of benzene rings is 2. The van der Waals surface area contributed by atoms with E-state index in [1.165, 1.54) is 23.9 Å². The number of hydrogen-bond acceptors (Lipinski definition) is 4. The Kier molecular flexibility index (Phi) is 4.58. The maximum Gasteiger partial charge on any atom is 0.573 e. The summed E-state index contributed by atoms with van der Waals surface area (Å²) in [5.74, 6) is -0.683. The Balaban J connectivity index is 1.70. The van der Waals surface area contributed by atoms with Gasteiger partial charge in [-0.05, 0) is 42.5 Å². The number of alkyl halides is 3. The maximum atomic E-state index is 12.2. The van der Waals surface area contributed by atoms with Crippen LogP contribution in [0.3, 0.4) is 0 Å². The van der Waals surface area contributed by atoms with Crippen molar-refractivity contribution in [3.05, 3.63) is 48.0 Å². The highest BCUT2D eigenvalue weighted by molar-refractivity contribution is 8.00. The van der Waals surface area contributed by atoms with Gasteiger partial charge in [-0.2, -0.15) is 0 Å². The molecule has 0 saturated carbocycles. The summed E-state index contributed by atoms with van der Waals surface area (Å²) in [6.45, 7) is 0. The fourth-order valence-electron chi connectivity index (χ4n) is 2.17. The first-order chi connectivity index (χ1) is 11.8. The van der Waals surface area contributed by atoms with E-state index in [2.05, 4.69) is 15.4 Å². The summed E-state index contributed by atoms with van der Waals surface area (Å²) in [6, 6.07) is 9.66. The van der Waals surface area contributed by atoms with Crippen molar-refractivity contribution in [2.45, 2.75) is 11.3 Å². The van der Waals surface area contributed by atoms with Crippen LogP contribution in [0.5, 0.6) is 5.75 Å². The maximum absolute atomic E-state index is 12.2. The van der Waals surface area contributed by atoms with Crippen LogP contribution in [0.25, 0.3) is 0 Å². The highest BCUT2D eigenvalue weighted by Crippen LogP contribution is 2.33. The molecule has 2 aromatic carbocycles. The van der Waals surface area contributed by atoms with Gasteiger partial charge in [-0.15, -0.1) is 24.9 Å². The monoisotopic (exact) mass is 368 g/mol. The number of nitrogens with one attached hydrogen (secondary N) is 2. The Morgan fingerprint density at radius 2 is 1.88 bits per heavy atom. The minimum atomic E-state index is -4.78. The lowest BCUT2D eigenvalue weighted by Gasteiger charge is -2.17. The van der Waals surface area contributed by atoms with Gasteiger partial charge in [0.05, 0.1) is 11.4 Å². The van der Waals surface area contributed by atoms with Gasteiger partial charge in [0.2, 0.25) is 5.91 Å². The molecular formula is C16H11F3N2O3S. The van der Waals surface area contributed by atoms with Crippen LogP contribution < -0.4 is 15.4 Å². The molecule has 1 aliphatic rings. The number of carbonyl (C=O) groups is 2. The van der Waals surface area contributed by atoms with Crippen molar-refractivity contribution in [2.75, 3.05) is 16.4 Å². The van der Waals surface area contributed by atoms with E-state index in [9.17, 15) is 22.8 Å². The Labute approximate surface area is 144 Å². The summed E-state index contributed by atoms with van der Waals surface area (Å²) >= 11 is 1.40. The first-order valence-corrected chi connectivity index (χ1v) is 8.02. The number of amides is 2. The molecule has 130 valence electrons. The van der Waals surface area contributed by atoms with Gasteiger partial charge in [-0.1, -0.05) is 0 Å². The molecule has 0 saturated heterocycles. The van der Waals surface area contributed by atoms with Gasteiger partial charge in [-0.3, -0.25) is 9.59 Å². The van der Waals surface area contributed by atoms with Crippen LogP contribution in [0.2, 0.25) is 0 Å². The predicted molar refractivity (Wildman–Crippen MR) is 86.9 cm³/mol. The van der Waals surface area contributed by atoms with Gasteiger partial charge in [0, 0.05) is 16.1 Å². The number of rotatable bonds is 3. The average molecular weight is 368 g/mol. The summed E-state index contributed by atoms with van der Waals surface area (Å²) in [4.78, 5) is 24.5. The summed E-state index contributed by atoms with van der Waals surface area (Å²) in [6.07, 6.45) is -4.78. The Morgan fingerprint density at radius 3 is 2.56 bits per heavy atom. The lowest BCUT2D eigenvalue weighted by atomic mass is 10.2. The number of halogens is 3. The molecule has 0 bridgehead atoms. The van der Waals surface area contributed by atoms with Gasteiger partial charge in [-0.25, -0.2) is 0 Å². The first-order valence-electron chi connectivity index (χ1n) is 7.04. The molecule has 0 aromatic heterocycles. The second-order valence-corrected chi connectivity index (χ2v) is 6.09. The molecule has 0 fully saturated rings. The highest BCUT2D eigenvalue weighted by atomic mass is 32.2. The van der Waals surface area contributed by atoms with Gasteiger partial charge < -0.3 is 15.4 Å². The van der Waals surface area contributed by atoms with E-state index in [1.807, 2.05) is 0 Å². The molecule has 0 unspecified atom stereocenters. The normalized spacial score (nSPS) is 13.6. The molecule has 2 amide bonds. The molecule has 5 nitrogen and oxygen atoms in total. The second-order valence-electron chi connectivity index (χ2n) is 5.07. The average Bonchev–Trinajstić information content (AvgIpc) is 2.53. The van der Waals surface area contributed by atoms with Crippen LogP contribution in [0.15, 0.2) is 47.4 Å². The zero-order valence-electron chi connectivity index (χ0n) is 12.5. The smallest absolute Gasteiger partial charge is 0.406 e. The van der Waals surface area contributed by atoms with E-state index < -0.39 is 18.0 Å². The van der Waals surface area contributed by atoms with Crippen LogP contribution in [-0.4, -0.2) is 23.9 Å². The first kappa shape index (κ1) is 17.2. The molecule has 2 aromatic rings.